The predicted molar refractivity (Wildman–Crippen MR) is 97.8 cm³/mol. The fourth-order valence-corrected chi connectivity index (χ4v) is 4.19. The highest BCUT2D eigenvalue weighted by molar-refractivity contribution is 5.85. The van der Waals surface area contributed by atoms with Gasteiger partial charge in [0.25, 0.3) is 0 Å². The molecule has 2 N–H and O–H groups in total. The van der Waals surface area contributed by atoms with Gasteiger partial charge in [-0.2, -0.15) is 0 Å². The Hall–Kier alpha value is -2.26. The Balaban J connectivity index is 1.86. The van der Waals surface area contributed by atoms with Crippen molar-refractivity contribution < 1.29 is 9.64 Å². The Morgan fingerprint density at radius 3 is 2.42 bits per heavy atom. The molecule has 0 aliphatic carbocycles. The second kappa shape index (κ2) is 6.33. The van der Waals surface area contributed by atoms with Crippen molar-refractivity contribution in [1.29, 1.82) is 0 Å². The van der Waals surface area contributed by atoms with E-state index in [1.165, 1.54) is 53.7 Å². The summed E-state index contributed by atoms with van der Waals surface area (Å²) < 4.78 is 5.35. The fourth-order valence-electron chi connectivity index (χ4n) is 4.19. The summed E-state index contributed by atoms with van der Waals surface area (Å²) in [4.78, 5) is 5.26. The van der Waals surface area contributed by atoms with Gasteiger partial charge in [0.2, 0.25) is 0 Å². The molecule has 2 heterocycles. The SMILES string of the molecule is COc1ccc(C(c2c(C)[nH]c3ccccc23)[NH+]2CCCC2)cc1. The summed E-state index contributed by atoms with van der Waals surface area (Å²) in [5.41, 5.74) is 5.35. The minimum atomic E-state index is 0.384. The average Bonchev–Trinajstić information content (AvgIpc) is 3.25. The van der Waals surface area contributed by atoms with Gasteiger partial charge in [0, 0.05) is 40.6 Å². The lowest BCUT2D eigenvalue weighted by Crippen LogP contribution is -3.10. The van der Waals surface area contributed by atoms with Crippen molar-refractivity contribution in [2.24, 2.45) is 0 Å². The van der Waals surface area contributed by atoms with Crippen molar-refractivity contribution in [1.82, 2.24) is 4.98 Å². The number of ether oxygens (including phenoxy) is 1. The second-order valence-electron chi connectivity index (χ2n) is 6.78. The van der Waals surface area contributed by atoms with Crippen LogP contribution in [0, 0.1) is 6.92 Å². The van der Waals surface area contributed by atoms with Crippen LogP contribution in [0.1, 0.15) is 35.7 Å². The van der Waals surface area contributed by atoms with E-state index in [1.807, 2.05) is 0 Å². The molecule has 1 aromatic heterocycles. The maximum atomic E-state index is 5.35. The van der Waals surface area contributed by atoms with Gasteiger partial charge in [-0.1, -0.05) is 18.2 Å². The molecule has 2 aromatic carbocycles. The van der Waals surface area contributed by atoms with E-state index >= 15 is 0 Å². The van der Waals surface area contributed by atoms with Crippen LogP contribution in [0.4, 0.5) is 0 Å². The third kappa shape index (κ3) is 2.59. The van der Waals surface area contributed by atoms with Crippen LogP contribution in [-0.2, 0) is 0 Å². The number of aryl methyl sites for hydroxylation is 1. The first kappa shape index (κ1) is 15.3. The summed E-state index contributed by atoms with van der Waals surface area (Å²) in [6.07, 6.45) is 2.65. The van der Waals surface area contributed by atoms with Crippen LogP contribution in [0.2, 0.25) is 0 Å². The van der Waals surface area contributed by atoms with Gasteiger partial charge in [0.15, 0.2) is 0 Å². The highest BCUT2D eigenvalue weighted by atomic mass is 16.5. The van der Waals surface area contributed by atoms with Crippen LogP contribution in [0.5, 0.6) is 5.75 Å². The topological polar surface area (TPSA) is 29.5 Å². The van der Waals surface area contributed by atoms with Gasteiger partial charge in [0.05, 0.1) is 20.2 Å². The third-order valence-corrected chi connectivity index (χ3v) is 5.34. The molecule has 124 valence electrons. The number of nitrogens with one attached hydrogen (secondary N) is 2. The molecular formula is C21H25N2O+. The Morgan fingerprint density at radius 2 is 1.71 bits per heavy atom. The number of quaternary nitrogens is 1. The monoisotopic (exact) mass is 321 g/mol. The number of benzene rings is 2. The van der Waals surface area contributed by atoms with E-state index in [2.05, 4.69) is 60.4 Å². The number of rotatable bonds is 4. The van der Waals surface area contributed by atoms with Gasteiger partial charge in [-0.3, -0.25) is 0 Å². The van der Waals surface area contributed by atoms with E-state index in [1.54, 1.807) is 12.0 Å². The first-order chi connectivity index (χ1) is 11.8. The summed E-state index contributed by atoms with van der Waals surface area (Å²) in [6, 6.07) is 17.7. The summed E-state index contributed by atoms with van der Waals surface area (Å²) in [6.45, 7) is 4.70. The van der Waals surface area contributed by atoms with E-state index in [0.29, 0.717) is 6.04 Å². The molecule has 1 unspecified atom stereocenters. The summed E-state index contributed by atoms with van der Waals surface area (Å²) in [5, 5.41) is 1.36. The Kier molecular flexibility index (Phi) is 4.03. The van der Waals surface area contributed by atoms with E-state index in [0.717, 1.165) is 5.75 Å². The molecule has 0 saturated carbocycles. The van der Waals surface area contributed by atoms with Crippen LogP contribution >= 0.6 is 0 Å². The van der Waals surface area contributed by atoms with Gasteiger partial charge < -0.3 is 14.6 Å². The van der Waals surface area contributed by atoms with Crippen molar-refractivity contribution in [3.8, 4) is 5.75 Å². The highest BCUT2D eigenvalue weighted by Crippen LogP contribution is 2.31. The largest absolute Gasteiger partial charge is 0.497 e. The smallest absolute Gasteiger partial charge is 0.141 e. The van der Waals surface area contributed by atoms with Crippen molar-refractivity contribution in [2.45, 2.75) is 25.8 Å². The number of likely N-dealkylation sites (tertiary alicyclic amines) is 1. The van der Waals surface area contributed by atoms with E-state index < -0.39 is 0 Å². The molecule has 0 amide bonds. The number of hydrogen-bond donors (Lipinski definition) is 2. The first-order valence-corrected chi connectivity index (χ1v) is 8.83. The van der Waals surface area contributed by atoms with Crippen LogP contribution in [-0.4, -0.2) is 25.2 Å². The van der Waals surface area contributed by atoms with Crippen molar-refractivity contribution >= 4 is 10.9 Å². The molecule has 1 saturated heterocycles. The van der Waals surface area contributed by atoms with Gasteiger partial charge in [0.1, 0.15) is 11.8 Å². The maximum absolute atomic E-state index is 5.35. The van der Waals surface area contributed by atoms with Gasteiger partial charge in [-0.05, 0) is 37.3 Å². The van der Waals surface area contributed by atoms with E-state index in [4.69, 9.17) is 4.74 Å². The van der Waals surface area contributed by atoms with Crippen LogP contribution in [0.3, 0.4) is 0 Å². The number of methoxy groups -OCH3 is 1. The van der Waals surface area contributed by atoms with Crippen LogP contribution < -0.4 is 9.64 Å². The van der Waals surface area contributed by atoms with Crippen molar-refractivity contribution in [3.63, 3.8) is 0 Å². The Bertz CT molecular complexity index is 829. The van der Waals surface area contributed by atoms with Crippen LogP contribution in [0.25, 0.3) is 10.9 Å². The summed E-state index contributed by atoms with van der Waals surface area (Å²) >= 11 is 0. The lowest BCUT2D eigenvalue weighted by atomic mass is 9.94. The third-order valence-electron chi connectivity index (χ3n) is 5.34. The predicted octanol–water partition coefficient (Wildman–Crippen LogP) is 3.25. The molecule has 3 aromatic rings. The zero-order valence-electron chi connectivity index (χ0n) is 14.4. The molecule has 24 heavy (non-hydrogen) atoms. The zero-order valence-corrected chi connectivity index (χ0v) is 14.4. The molecule has 1 atom stereocenters. The zero-order chi connectivity index (χ0) is 16.5. The normalized spacial score (nSPS) is 16.6. The first-order valence-electron chi connectivity index (χ1n) is 8.83. The van der Waals surface area contributed by atoms with Crippen LogP contribution in [0.15, 0.2) is 48.5 Å². The lowest BCUT2D eigenvalue weighted by molar-refractivity contribution is -0.913. The lowest BCUT2D eigenvalue weighted by Gasteiger charge is -2.26. The van der Waals surface area contributed by atoms with Gasteiger partial charge in [-0.25, -0.2) is 0 Å². The minimum Gasteiger partial charge on any atom is -0.497 e. The summed E-state index contributed by atoms with van der Waals surface area (Å²) in [7, 11) is 1.72. The molecule has 0 bridgehead atoms. The molecule has 1 fully saturated rings. The molecule has 4 rings (SSSR count). The minimum absolute atomic E-state index is 0.384. The van der Waals surface area contributed by atoms with Gasteiger partial charge in [-0.15, -0.1) is 0 Å². The van der Waals surface area contributed by atoms with E-state index in [-0.39, 0.29) is 0 Å². The van der Waals surface area contributed by atoms with Crippen molar-refractivity contribution in [3.05, 3.63) is 65.4 Å². The second-order valence-corrected chi connectivity index (χ2v) is 6.78. The Labute approximate surface area is 143 Å². The number of hydrogen-bond acceptors (Lipinski definition) is 1. The molecule has 3 nitrogen and oxygen atoms in total. The molecule has 0 radical (unpaired) electrons. The number of H-pyrrole nitrogens is 1. The summed E-state index contributed by atoms with van der Waals surface area (Å²) in [5.74, 6) is 0.921. The standard InChI is InChI=1S/C21H24N2O/c1-15-20(18-7-3-4-8-19(18)22-15)21(23-13-5-6-14-23)16-9-11-17(24-2)12-10-16/h3-4,7-12,21-22H,5-6,13-14H2,1-2H3/p+1. The number of fused-ring (bicyclic) bond motifs is 1. The maximum Gasteiger partial charge on any atom is 0.141 e. The molecule has 3 heteroatoms. The molecule has 1 aliphatic rings. The number of aromatic amines is 1. The molecular weight excluding hydrogens is 296 g/mol. The molecule has 1 aliphatic heterocycles. The Morgan fingerprint density at radius 1 is 1.00 bits per heavy atom. The highest BCUT2D eigenvalue weighted by Gasteiger charge is 2.32. The van der Waals surface area contributed by atoms with E-state index in [9.17, 15) is 0 Å². The average molecular weight is 321 g/mol. The van der Waals surface area contributed by atoms with Gasteiger partial charge >= 0.3 is 0 Å². The van der Waals surface area contributed by atoms with Crippen molar-refractivity contribution in [2.75, 3.05) is 20.2 Å². The fraction of sp³-hybridized carbons (Fsp3) is 0.333. The number of para-hydroxylation sites is 1. The molecule has 0 spiro atoms. The quantitative estimate of drug-likeness (QED) is 0.759. The number of aromatic nitrogens is 1.